The molecule has 0 bridgehead atoms. The summed E-state index contributed by atoms with van der Waals surface area (Å²) < 4.78 is 18.5. The Bertz CT molecular complexity index is 431. The van der Waals surface area contributed by atoms with Crippen LogP contribution in [0.15, 0.2) is 24.3 Å². The molecule has 3 nitrogen and oxygen atoms in total. The van der Waals surface area contributed by atoms with Crippen molar-refractivity contribution >= 4 is 0 Å². The Labute approximate surface area is 126 Å². The highest BCUT2D eigenvalue weighted by atomic mass is 19.1. The van der Waals surface area contributed by atoms with Crippen LogP contribution < -0.4 is 10.6 Å². The summed E-state index contributed by atoms with van der Waals surface area (Å²) in [4.78, 5) is 0. The van der Waals surface area contributed by atoms with Crippen molar-refractivity contribution in [2.45, 2.75) is 37.8 Å². The quantitative estimate of drug-likeness (QED) is 0.872. The maximum absolute atomic E-state index is 12.9. The molecule has 1 aromatic carbocycles. The van der Waals surface area contributed by atoms with Gasteiger partial charge < -0.3 is 15.4 Å². The van der Waals surface area contributed by atoms with Crippen molar-refractivity contribution in [2.24, 2.45) is 5.92 Å². The van der Waals surface area contributed by atoms with Crippen LogP contribution in [-0.2, 0) is 11.2 Å². The van der Waals surface area contributed by atoms with Gasteiger partial charge in [0.25, 0.3) is 0 Å². The lowest BCUT2D eigenvalue weighted by atomic mass is 9.94. The molecule has 1 aromatic rings. The van der Waals surface area contributed by atoms with E-state index in [2.05, 4.69) is 10.6 Å². The average Bonchev–Trinajstić information content (AvgIpc) is 2.99. The van der Waals surface area contributed by atoms with Crippen LogP contribution in [-0.4, -0.2) is 38.4 Å². The minimum atomic E-state index is -0.161. The fourth-order valence-electron chi connectivity index (χ4n) is 3.64. The molecule has 3 unspecified atom stereocenters. The number of nitrogens with one attached hydrogen (secondary N) is 2. The second-order valence-corrected chi connectivity index (χ2v) is 6.17. The molecule has 3 atom stereocenters. The Morgan fingerprint density at radius 1 is 1.24 bits per heavy atom. The summed E-state index contributed by atoms with van der Waals surface area (Å²) in [7, 11) is 0. The number of halogens is 1. The molecule has 2 aliphatic rings. The SMILES string of the molecule is Fc1ccc(CCNC2CCCC2C2COCCN2)cc1. The van der Waals surface area contributed by atoms with Crippen molar-refractivity contribution in [2.75, 3.05) is 26.3 Å². The first kappa shape index (κ1) is 14.9. The first-order valence-electron chi connectivity index (χ1n) is 8.12. The van der Waals surface area contributed by atoms with Crippen molar-refractivity contribution in [1.82, 2.24) is 10.6 Å². The van der Waals surface area contributed by atoms with Crippen LogP contribution in [0.25, 0.3) is 0 Å². The lowest BCUT2D eigenvalue weighted by Gasteiger charge is -2.33. The zero-order valence-electron chi connectivity index (χ0n) is 12.5. The second-order valence-electron chi connectivity index (χ2n) is 6.17. The molecule has 3 rings (SSSR count). The van der Waals surface area contributed by atoms with Crippen molar-refractivity contribution in [1.29, 1.82) is 0 Å². The summed E-state index contributed by atoms with van der Waals surface area (Å²) in [6, 6.07) is 7.92. The third kappa shape index (κ3) is 4.02. The smallest absolute Gasteiger partial charge is 0.123 e. The molecule has 21 heavy (non-hydrogen) atoms. The van der Waals surface area contributed by atoms with Gasteiger partial charge in [-0.05, 0) is 49.4 Å². The molecular weight excluding hydrogens is 267 g/mol. The van der Waals surface area contributed by atoms with Gasteiger partial charge in [-0.15, -0.1) is 0 Å². The summed E-state index contributed by atoms with van der Waals surface area (Å²) >= 11 is 0. The Balaban J connectivity index is 1.46. The van der Waals surface area contributed by atoms with Crippen LogP contribution in [0.4, 0.5) is 4.39 Å². The van der Waals surface area contributed by atoms with Crippen LogP contribution in [0.3, 0.4) is 0 Å². The molecule has 1 saturated carbocycles. The van der Waals surface area contributed by atoms with Crippen molar-refractivity contribution < 1.29 is 9.13 Å². The zero-order chi connectivity index (χ0) is 14.5. The maximum atomic E-state index is 12.9. The Kier molecular flexibility index (Phi) is 5.22. The Morgan fingerprint density at radius 2 is 2.10 bits per heavy atom. The first-order chi connectivity index (χ1) is 10.3. The molecule has 0 spiro atoms. The van der Waals surface area contributed by atoms with E-state index in [1.54, 1.807) is 0 Å². The molecule has 1 heterocycles. The third-order valence-electron chi connectivity index (χ3n) is 4.77. The standard InChI is InChI=1S/C17H25FN2O/c18-14-6-4-13(5-7-14)8-9-19-16-3-1-2-15(16)17-12-21-11-10-20-17/h4-7,15-17,19-20H,1-3,8-12H2. The summed E-state index contributed by atoms with van der Waals surface area (Å²) in [5.41, 5.74) is 1.19. The Hall–Kier alpha value is -0.970. The van der Waals surface area contributed by atoms with E-state index < -0.39 is 0 Å². The predicted octanol–water partition coefficient (Wildman–Crippen LogP) is 2.11. The number of ether oxygens (including phenoxy) is 1. The van der Waals surface area contributed by atoms with Crippen molar-refractivity contribution in [3.8, 4) is 0 Å². The lowest BCUT2D eigenvalue weighted by Crippen LogP contribution is -2.51. The average molecular weight is 292 g/mol. The van der Waals surface area contributed by atoms with E-state index in [1.165, 1.54) is 37.0 Å². The highest BCUT2D eigenvalue weighted by Crippen LogP contribution is 2.29. The van der Waals surface area contributed by atoms with Gasteiger partial charge in [-0.1, -0.05) is 18.6 Å². The fraction of sp³-hybridized carbons (Fsp3) is 0.647. The van der Waals surface area contributed by atoms with E-state index in [9.17, 15) is 4.39 Å². The summed E-state index contributed by atoms with van der Waals surface area (Å²) in [5.74, 6) is 0.518. The number of rotatable bonds is 5. The van der Waals surface area contributed by atoms with Gasteiger partial charge in [-0.3, -0.25) is 0 Å². The normalized spacial score (nSPS) is 29.7. The van der Waals surface area contributed by atoms with E-state index in [4.69, 9.17) is 4.74 Å². The third-order valence-corrected chi connectivity index (χ3v) is 4.77. The molecule has 0 amide bonds. The van der Waals surface area contributed by atoms with Gasteiger partial charge in [0, 0.05) is 18.6 Å². The first-order valence-corrected chi connectivity index (χ1v) is 8.12. The van der Waals surface area contributed by atoms with Gasteiger partial charge in [0.2, 0.25) is 0 Å². The molecule has 116 valence electrons. The van der Waals surface area contributed by atoms with Crippen molar-refractivity contribution in [3.63, 3.8) is 0 Å². The van der Waals surface area contributed by atoms with E-state index in [-0.39, 0.29) is 5.82 Å². The van der Waals surface area contributed by atoms with E-state index >= 15 is 0 Å². The lowest BCUT2D eigenvalue weighted by molar-refractivity contribution is 0.0526. The maximum Gasteiger partial charge on any atom is 0.123 e. The van der Waals surface area contributed by atoms with Gasteiger partial charge in [0.1, 0.15) is 5.82 Å². The molecule has 2 fully saturated rings. The molecular formula is C17H25FN2O. The van der Waals surface area contributed by atoms with Gasteiger partial charge in [-0.25, -0.2) is 4.39 Å². The number of hydrogen-bond acceptors (Lipinski definition) is 3. The van der Waals surface area contributed by atoms with E-state index in [0.29, 0.717) is 18.0 Å². The van der Waals surface area contributed by atoms with Crippen LogP contribution >= 0.6 is 0 Å². The molecule has 1 aliphatic carbocycles. The van der Waals surface area contributed by atoms with Crippen LogP contribution in [0.1, 0.15) is 24.8 Å². The van der Waals surface area contributed by atoms with Gasteiger partial charge in [0.05, 0.1) is 13.2 Å². The predicted molar refractivity (Wildman–Crippen MR) is 81.8 cm³/mol. The minimum absolute atomic E-state index is 0.161. The van der Waals surface area contributed by atoms with E-state index in [1.807, 2.05) is 12.1 Å². The number of benzene rings is 1. The number of hydrogen-bond donors (Lipinski definition) is 2. The molecule has 2 N–H and O–H groups in total. The minimum Gasteiger partial charge on any atom is -0.379 e. The largest absolute Gasteiger partial charge is 0.379 e. The monoisotopic (exact) mass is 292 g/mol. The van der Waals surface area contributed by atoms with Gasteiger partial charge in [0.15, 0.2) is 0 Å². The molecule has 4 heteroatoms. The topological polar surface area (TPSA) is 33.3 Å². The molecule has 1 aliphatic heterocycles. The second kappa shape index (κ2) is 7.34. The van der Waals surface area contributed by atoms with E-state index in [0.717, 1.165) is 32.7 Å². The van der Waals surface area contributed by atoms with Crippen molar-refractivity contribution in [3.05, 3.63) is 35.6 Å². The highest BCUT2D eigenvalue weighted by molar-refractivity contribution is 5.16. The summed E-state index contributed by atoms with van der Waals surface area (Å²) in [5, 5.41) is 7.30. The highest BCUT2D eigenvalue weighted by Gasteiger charge is 2.34. The Morgan fingerprint density at radius 3 is 2.86 bits per heavy atom. The zero-order valence-corrected chi connectivity index (χ0v) is 12.5. The number of morpholine rings is 1. The van der Waals surface area contributed by atoms with Gasteiger partial charge >= 0.3 is 0 Å². The molecule has 0 aromatic heterocycles. The molecule has 0 radical (unpaired) electrons. The van der Waals surface area contributed by atoms with Crippen LogP contribution in [0.5, 0.6) is 0 Å². The van der Waals surface area contributed by atoms with Crippen LogP contribution in [0, 0.1) is 11.7 Å². The molecule has 1 saturated heterocycles. The summed E-state index contributed by atoms with van der Waals surface area (Å²) in [6.45, 7) is 3.62. The fourth-order valence-corrected chi connectivity index (χ4v) is 3.64. The van der Waals surface area contributed by atoms with Crippen LogP contribution in [0.2, 0.25) is 0 Å². The van der Waals surface area contributed by atoms with Gasteiger partial charge in [-0.2, -0.15) is 0 Å². The summed E-state index contributed by atoms with van der Waals surface area (Å²) in [6.07, 6.45) is 4.80.